The zero-order valence-electron chi connectivity index (χ0n) is 14.3. The maximum atomic E-state index is 7.91. The van der Waals surface area contributed by atoms with Gasteiger partial charge >= 0.3 is 7.12 Å². The summed E-state index contributed by atoms with van der Waals surface area (Å²) in [5, 5.41) is 0. The summed E-state index contributed by atoms with van der Waals surface area (Å²) in [7, 11) is -0.944. The van der Waals surface area contributed by atoms with E-state index in [1.54, 1.807) is 0 Å². The molecule has 5 heteroatoms. The fourth-order valence-electron chi connectivity index (χ4n) is 1.33. The van der Waals surface area contributed by atoms with Crippen LogP contribution in [0, 0.1) is 0 Å². The summed E-state index contributed by atoms with van der Waals surface area (Å²) < 4.78 is 49.5. The summed E-state index contributed by atoms with van der Waals surface area (Å²) in [5.74, 6) is 0. The van der Waals surface area contributed by atoms with Crippen LogP contribution in [0.1, 0.15) is 34.5 Å². The molecule has 0 atom stereocenters. The van der Waals surface area contributed by atoms with Gasteiger partial charge in [0, 0.05) is 17.3 Å². The van der Waals surface area contributed by atoms with E-state index in [9.17, 15) is 0 Å². The molecule has 0 bridgehead atoms. The molecule has 0 aliphatic carbocycles. The SMILES string of the molecule is [2H]c1nc(B2OC(C)(C)C(C)(C)O2)c([2H])n1C([2H])([2H])[2H]. The number of rotatable bonds is 1. The van der Waals surface area contributed by atoms with E-state index < -0.39 is 31.6 Å². The summed E-state index contributed by atoms with van der Waals surface area (Å²) >= 11 is 0. The van der Waals surface area contributed by atoms with Crippen LogP contribution >= 0.6 is 0 Å². The molecule has 1 aromatic rings. The standard InChI is InChI=1S/C10H17BN2O2/c1-9(2)10(3,4)15-11(14-9)8-6-13(5)7-12-8/h6-7H,1-5H3/i5D3,6D,7D. The lowest BCUT2D eigenvalue weighted by Gasteiger charge is -2.32. The minimum absolute atomic E-state index is 0.0183. The van der Waals surface area contributed by atoms with Crippen LogP contribution in [-0.2, 0) is 16.3 Å². The Balaban J connectivity index is 2.43. The van der Waals surface area contributed by atoms with Crippen molar-refractivity contribution in [1.29, 1.82) is 0 Å². The quantitative estimate of drug-likeness (QED) is 0.645. The van der Waals surface area contributed by atoms with Crippen molar-refractivity contribution in [3.05, 3.63) is 12.5 Å². The highest BCUT2D eigenvalue weighted by atomic mass is 16.7. The Kier molecular flexibility index (Phi) is 1.25. The van der Waals surface area contributed by atoms with Gasteiger partial charge in [-0.15, -0.1) is 0 Å². The van der Waals surface area contributed by atoms with Gasteiger partial charge in [-0.25, -0.2) is 4.98 Å². The van der Waals surface area contributed by atoms with Gasteiger partial charge in [0.2, 0.25) is 0 Å². The molecule has 4 nitrogen and oxygen atoms in total. The van der Waals surface area contributed by atoms with Crippen LogP contribution in [0.4, 0.5) is 0 Å². The van der Waals surface area contributed by atoms with Crippen molar-refractivity contribution in [2.45, 2.75) is 38.9 Å². The van der Waals surface area contributed by atoms with Crippen molar-refractivity contribution in [3.63, 3.8) is 0 Å². The average molecular weight is 213 g/mol. The number of hydrogen-bond donors (Lipinski definition) is 0. The first-order valence-electron chi connectivity index (χ1n) is 7.29. The van der Waals surface area contributed by atoms with Crippen molar-refractivity contribution in [1.82, 2.24) is 9.55 Å². The monoisotopic (exact) mass is 213 g/mol. The van der Waals surface area contributed by atoms with Crippen LogP contribution in [0.2, 0.25) is 0 Å². The molecule has 2 rings (SSSR count). The van der Waals surface area contributed by atoms with E-state index in [1.807, 2.05) is 27.7 Å². The van der Waals surface area contributed by atoms with Crippen molar-refractivity contribution < 1.29 is 16.2 Å². The molecule has 15 heavy (non-hydrogen) atoms. The van der Waals surface area contributed by atoms with Crippen molar-refractivity contribution in [2.24, 2.45) is 6.98 Å². The Hall–Kier alpha value is -0.805. The number of hydrogen-bond acceptors (Lipinski definition) is 3. The van der Waals surface area contributed by atoms with Crippen molar-refractivity contribution >= 4 is 12.7 Å². The summed E-state index contributed by atoms with van der Waals surface area (Å²) in [6, 6.07) is 0. The normalized spacial score (nSPS) is 29.1. The van der Waals surface area contributed by atoms with Gasteiger partial charge in [-0.2, -0.15) is 0 Å². The molecule has 0 radical (unpaired) electrons. The van der Waals surface area contributed by atoms with E-state index in [-0.39, 0.29) is 11.8 Å². The molecule has 1 aliphatic heterocycles. The molecule has 0 saturated carbocycles. The maximum Gasteiger partial charge on any atom is 0.516 e. The molecule has 0 spiro atoms. The van der Waals surface area contributed by atoms with Crippen molar-refractivity contribution in [2.75, 3.05) is 0 Å². The third-order valence-corrected chi connectivity index (χ3v) is 2.97. The molecule has 1 aromatic heterocycles. The molecule has 2 heterocycles. The lowest BCUT2D eigenvalue weighted by atomic mass is 9.86. The molecule has 0 amide bonds. The van der Waals surface area contributed by atoms with Crippen molar-refractivity contribution in [3.8, 4) is 0 Å². The second-order valence-electron chi connectivity index (χ2n) is 4.63. The van der Waals surface area contributed by atoms with Gasteiger partial charge in [0.15, 0.2) is 0 Å². The molecule has 0 unspecified atom stereocenters. The van der Waals surface area contributed by atoms with Crippen LogP contribution in [0.3, 0.4) is 0 Å². The van der Waals surface area contributed by atoms with Gasteiger partial charge in [0.05, 0.1) is 24.5 Å². The molecule has 0 N–H and O–H groups in total. The van der Waals surface area contributed by atoms with E-state index in [1.165, 1.54) is 0 Å². The third-order valence-electron chi connectivity index (χ3n) is 2.97. The van der Waals surface area contributed by atoms with Gasteiger partial charge in [-0.05, 0) is 27.7 Å². The lowest BCUT2D eigenvalue weighted by Crippen LogP contribution is -2.41. The maximum absolute atomic E-state index is 7.91. The molecule has 0 aromatic carbocycles. The molecular weight excluding hydrogens is 191 g/mol. The van der Waals surface area contributed by atoms with Gasteiger partial charge in [0.1, 0.15) is 1.37 Å². The first kappa shape index (κ1) is 6.06. The first-order valence-corrected chi connectivity index (χ1v) is 4.79. The van der Waals surface area contributed by atoms with E-state index in [4.69, 9.17) is 16.2 Å². The zero-order valence-corrected chi connectivity index (χ0v) is 9.29. The van der Waals surface area contributed by atoms with E-state index in [0.29, 0.717) is 4.57 Å². The largest absolute Gasteiger partial charge is 0.516 e. The number of imidazole rings is 1. The Labute approximate surface area is 97.8 Å². The second-order valence-corrected chi connectivity index (χ2v) is 4.63. The zero-order chi connectivity index (χ0) is 15.5. The topological polar surface area (TPSA) is 36.3 Å². The summed E-state index contributed by atoms with van der Waals surface area (Å²) in [6.45, 7) is 4.76. The Bertz CT molecular complexity index is 524. The number of aromatic nitrogens is 2. The molecule has 1 fully saturated rings. The fourth-order valence-corrected chi connectivity index (χ4v) is 1.33. The van der Waals surface area contributed by atoms with Gasteiger partial charge < -0.3 is 13.9 Å². The molecular formula is C10H17BN2O2. The molecule has 1 saturated heterocycles. The van der Waals surface area contributed by atoms with Gasteiger partial charge in [0.25, 0.3) is 0 Å². The van der Waals surface area contributed by atoms with Crippen LogP contribution < -0.4 is 5.59 Å². The van der Waals surface area contributed by atoms with Crippen LogP contribution in [-0.4, -0.2) is 27.9 Å². The van der Waals surface area contributed by atoms with Gasteiger partial charge in [-0.1, -0.05) is 0 Å². The van der Waals surface area contributed by atoms with E-state index in [2.05, 4.69) is 4.98 Å². The predicted octanol–water partition coefficient (Wildman–Crippen LogP) is 0.719. The Morgan fingerprint density at radius 2 is 2.00 bits per heavy atom. The minimum Gasteiger partial charge on any atom is -0.398 e. The summed E-state index contributed by atoms with van der Waals surface area (Å²) in [4.78, 5) is 3.82. The highest BCUT2D eigenvalue weighted by molar-refractivity contribution is 6.61. The Morgan fingerprint density at radius 3 is 2.47 bits per heavy atom. The van der Waals surface area contributed by atoms with E-state index >= 15 is 0 Å². The fraction of sp³-hybridized carbons (Fsp3) is 0.700. The lowest BCUT2D eigenvalue weighted by molar-refractivity contribution is 0.00578. The predicted molar refractivity (Wildman–Crippen MR) is 58.9 cm³/mol. The summed E-state index contributed by atoms with van der Waals surface area (Å²) in [6.07, 6.45) is -0.881. The minimum atomic E-state index is -2.62. The first-order chi connectivity index (χ1) is 8.87. The van der Waals surface area contributed by atoms with Crippen LogP contribution in [0.5, 0.6) is 0 Å². The third kappa shape index (κ3) is 1.70. The molecule has 82 valence electrons. The average Bonchev–Trinajstić information content (AvgIpc) is 2.60. The van der Waals surface area contributed by atoms with Gasteiger partial charge in [-0.3, -0.25) is 0 Å². The van der Waals surface area contributed by atoms with Crippen LogP contribution in [0.15, 0.2) is 12.5 Å². The highest BCUT2D eigenvalue weighted by Crippen LogP contribution is 2.36. The van der Waals surface area contributed by atoms with E-state index in [0.717, 1.165) is 0 Å². The molecule has 1 aliphatic rings. The highest BCUT2D eigenvalue weighted by Gasteiger charge is 2.52. The summed E-state index contributed by atoms with van der Waals surface area (Å²) in [5.41, 5.74) is -1.21. The van der Waals surface area contributed by atoms with Crippen LogP contribution in [0.25, 0.3) is 0 Å². The smallest absolute Gasteiger partial charge is 0.398 e. The Morgan fingerprint density at radius 1 is 1.40 bits per heavy atom. The number of nitrogens with zero attached hydrogens (tertiary/aromatic N) is 2. The second kappa shape index (κ2) is 3.09.